The highest BCUT2D eigenvalue weighted by Gasteiger charge is 2.15. The molecule has 2 rings (SSSR count). The summed E-state index contributed by atoms with van der Waals surface area (Å²) < 4.78 is 7.45. The second-order valence-electron chi connectivity index (χ2n) is 3.65. The Hall–Kier alpha value is -1.36. The van der Waals surface area contributed by atoms with Crippen LogP contribution in [0.5, 0.6) is 0 Å². The van der Waals surface area contributed by atoms with E-state index in [1.54, 1.807) is 6.20 Å². The molecule has 15 heavy (non-hydrogen) atoms. The van der Waals surface area contributed by atoms with Gasteiger partial charge in [-0.15, -0.1) is 5.16 Å². The summed E-state index contributed by atoms with van der Waals surface area (Å²) in [5, 5.41) is 15.5. The molecule has 1 aromatic heterocycles. The van der Waals surface area contributed by atoms with E-state index in [4.69, 9.17) is 9.94 Å². The lowest BCUT2D eigenvalue weighted by molar-refractivity contribution is -0.0395. The second-order valence-corrected chi connectivity index (χ2v) is 3.65. The second kappa shape index (κ2) is 4.93. The van der Waals surface area contributed by atoms with Crippen molar-refractivity contribution in [2.45, 2.75) is 31.9 Å². The molecule has 0 aromatic carbocycles. The summed E-state index contributed by atoms with van der Waals surface area (Å²) in [5.41, 5.74) is 1.03. The Morgan fingerprint density at radius 3 is 3.33 bits per heavy atom. The predicted octanol–water partition coefficient (Wildman–Crippen LogP) is 1.58. The maximum Gasteiger partial charge on any atom is 0.150 e. The van der Waals surface area contributed by atoms with Crippen molar-refractivity contribution in [2.24, 2.45) is 5.16 Å². The summed E-state index contributed by atoms with van der Waals surface area (Å²) in [6.07, 6.45) is 9.21. The molecule has 1 aromatic rings. The first kappa shape index (κ1) is 10.2. The van der Waals surface area contributed by atoms with Crippen LogP contribution in [0.25, 0.3) is 0 Å². The fraction of sp³-hybridized carbons (Fsp3) is 0.600. The average Bonchev–Trinajstić information content (AvgIpc) is 2.76. The van der Waals surface area contributed by atoms with Crippen molar-refractivity contribution in [3.8, 4) is 0 Å². The van der Waals surface area contributed by atoms with E-state index in [0.29, 0.717) is 6.42 Å². The monoisotopic (exact) mass is 209 g/mol. The van der Waals surface area contributed by atoms with Gasteiger partial charge in [-0.3, -0.25) is 0 Å². The average molecular weight is 209 g/mol. The minimum absolute atomic E-state index is 0.0820. The van der Waals surface area contributed by atoms with Crippen LogP contribution in [0, 0.1) is 0 Å². The first-order valence-electron chi connectivity index (χ1n) is 5.20. The zero-order chi connectivity index (χ0) is 10.5. The van der Waals surface area contributed by atoms with Crippen molar-refractivity contribution < 1.29 is 9.94 Å². The third kappa shape index (κ3) is 2.56. The number of hydrogen-bond donors (Lipinski definition) is 1. The third-order valence-corrected chi connectivity index (χ3v) is 2.51. The molecule has 0 amide bonds. The van der Waals surface area contributed by atoms with Gasteiger partial charge in [-0.05, 0) is 24.8 Å². The van der Waals surface area contributed by atoms with Crippen LogP contribution in [-0.2, 0) is 11.2 Å². The van der Waals surface area contributed by atoms with Crippen LogP contribution >= 0.6 is 0 Å². The molecule has 0 bridgehead atoms. The van der Waals surface area contributed by atoms with Crippen LogP contribution in [-0.4, -0.2) is 27.8 Å². The molecule has 2 heterocycles. The third-order valence-electron chi connectivity index (χ3n) is 2.51. The smallest absolute Gasteiger partial charge is 0.150 e. The van der Waals surface area contributed by atoms with Gasteiger partial charge in [0.2, 0.25) is 0 Å². The number of hydrogen-bond acceptors (Lipinski definition) is 4. The van der Waals surface area contributed by atoms with Gasteiger partial charge in [-0.25, -0.2) is 4.68 Å². The molecule has 0 radical (unpaired) electrons. The van der Waals surface area contributed by atoms with Crippen molar-refractivity contribution in [3.63, 3.8) is 0 Å². The zero-order valence-electron chi connectivity index (χ0n) is 8.54. The van der Waals surface area contributed by atoms with Gasteiger partial charge in [0.05, 0.1) is 6.20 Å². The van der Waals surface area contributed by atoms with Gasteiger partial charge in [0, 0.05) is 25.4 Å². The normalized spacial score (nSPS) is 22.3. The van der Waals surface area contributed by atoms with Gasteiger partial charge < -0.3 is 9.94 Å². The molecule has 1 fully saturated rings. The molecule has 1 aliphatic heterocycles. The predicted molar refractivity (Wildman–Crippen MR) is 55.0 cm³/mol. The Kier molecular flexibility index (Phi) is 3.34. The van der Waals surface area contributed by atoms with Crippen molar-refractivity contribution in [1.29, 1.82) is 0 Å². The molecule has 5 heteroatoms. The maximum atomic E-state index is 8.30. The molecule has 0 saturated carbocycles. The topological polar surface area (TPSA) is 59.6 Å². The van der Waals surface area contributed by atoms with E-state index in [9.17, 15) is 0 Å². The number of aromatic nitrogens is 2. The van der Waals surface area contributed by atoms with E-state index in [-0.39, 0.29) is 6.23 Å². The minimum Gasteiger partial charge on any atom is -0.411 e. The molecule has 1 unspecified atom stereocenters. The quantitative estimate of drug-likeness (QED) is 0.467. The SMILES string of the molecule is ON=CCc1cnn(C2CCCCO2)c1. The van der Waals surface area contributed by atoms with Gasteiger partial charge in [-0.1, -0.05) is 0 Å². The summed E-state index contributed by atoms with van der Waals surface area (Å²) in [6.45, 7) is 0.817. The standard InChI is InChI=1S/C10H15N3O2/c14-12-5-4-9-7-11-13(8-9)10-3-1-2-6-15-10/h5,7-8,10,14H,1-4,6H2. The van der Waals surface area contributed by atoms with Crippen LogP contribution in [0.2, 0.25) is 0 Å². The summed E-state index contributed by atoms with van der Waals surface area (Å²) in [5.74, 6) is 0. The van der Waals surface area contributed by atoms with Gasteiger partial charge in [0.15, 0.2) is 0 Å². The van der Waals surface area contributed by atoms with E-state index in [0.717, 1.165) is 25.0 Å². The Balaban J connectivity index is 1.98. The molecule has 1 atom stereocenters. The summed E-state index contributed by atoms with van der Waals surface area (Å²) >= 11 is 0. The Morgan fingerprint density at radius 2 is 2.60 bits per heavy atom. The Labute approximate surface area is 88.3 Å². The largest absolute Gasteiger partial charge is 0.411 e. The highest BCUT2D eigenvalue weighted by molar-refractivity contribution is 5.60. The molecular formula is C10H15N3O2. The number of ether oxygens (including phenoxy) is 1. The number of nitrogens with zero attached hydrogens (tertiary/aromatic N) is 3. The van der Waals surface area contributed by atoms with Crippen LogP contribution in [0.1, 0.15) is 31.1 Å². The zero-order valence-corrected chi connectivity index (χ0v) is 8.54. The van der Waals surface area contributed by atoms with Crippen molar-refractivity contribution >= 4 is 6.21 Å². The Morgan fingerprint density at radius 1 is 1.67 bits per heavy atom. The highest BCUT2D eigenvalue weighted by atomic mass is 16.5. The fourth-order valence-corrected chi connectivity index (χ4v) is 1.72. The maximum absolute atomic E-state index is 8.30. The molecule has 1 saturated heterocycles. The van der Waals surface area contributed by atoms with Gasteiger partial charge in [0.1, 0.15) is 6.23 Å². The highest BCUT2D eigenvalue weighted by Crippen LogP contribution is 2.21. The Bertz CT molecular complexity index is 329. The van der Waals surface area contributed by atoms with Crippen molar-refractivity contribution in [2.75, 3.05) is 6.61 Å². The molecular weight excluding hydrogens is 194 g/mol. The molecule has 1 aliphatic rings. The molecule has 1 N–H and O–H groups in total. The molecule has 0 aliphatic carbocycles. The fourth-order valence-electron chi connectivity index (χ4n) is 1.72. The first-order valence-corrected chi connectivity index (χ1v) is 5.20. The molecule has 0 spiro atoms. The lowest BCUT2D eigenvalue weighted by atomic mass is 10.2. The van der Waals surface area contributed by atoms with E-state index in [2.05, 4.69) is 10.3 Å². The van der Waals surface area contributed by atoms with Crippen LogP contribution in [0.15, 0.2) is 17.5 Å². The lowest BCUT2D eigenvalue weighted by Gasteiger charge is -2.22. The van der Waals surface area contributed by atoms with Gasteiger partial charge in [0.25, 0.3) is 0 Å². The minimum atomic E-state index is 0.0820. The summed E-state index contributed by atoms with van der Waals surface area (Å²) in [4.78, 5) is 0. The molecule has 82 valence electrons. The lowest BCUT2D eigenvalue weighted by Crippen LogP contribution is -2.18. The van der Waals surface area contributed by atoms with Crippen LogP contribution < -0.4 is 0 Å². The van der Waals surface area contributed by atoms with E-state index in [1.807, 2.05) is 10.9 Å². The van der Waals surface area contributed by atoms with Crippen LogP contribution in [0.3, 0.4) is 0 Å². The van der Waals surface area contributed by atoms with Crippen LogP contribution in [0.4, 0.5) is 0 Å². The number of oxime groups is 1. The van der Waals surface area contributed by atoms with Crippen molar-refractivity contribution in [1.82, 2.24) is 9.78 Å². The summed E-state index contributed by atoms with van der Waals surface area (Å²) in [7, 11) is 0. The van der Waals surface area contributed by atoms with Gasteiger partial charge in [-0.2, -0.15) is 5.10 Å². The van der Waals surface area contributed by atoms with E-state index in [1.165, 1.54) is 12.6 Å². The van der Waals surface area contributed by atoms with E-state index >= 15 is 0 Å². The summed E-state index contributed by atoms with van der Waals surface area (Å²) in [6, 6.07) is 0. The van der Waals surface area contributed by atoms with Crippen molar-refractivity contribution in [3.05, 3.63) is 18.0 Å². The number of rotatable bonds is 3. The first-order chi connectivity index (χ1) is 7.40. The van der Waals surface area contributed by atoms with E-state index < -0.39 is 0 Å². The molecule has 5 nitrogen and oxygen atoms in total. The van der Waals surface area contributed by atoms with Gasteiger partial charge >= 0.3 is 0 Å².